The number of nitrogens with zero attached hydrogens (tertiary/aromatic N) is 1. The third-order valence-corrected chi connectivity index (χ3v) is 2.23. The number of rotatable bonds is 2. The Hall–Kier alpha value is -1.78. The summed E-state index contributed by atoms with van der Waals surface area (Å²) in [5.41, 5.74) is 0.390. The maximum absolute atomic E-state index is 11.7. The lowest BCUT2D eigenvalue weighted by Crippen LogP contribution is -2.32. The van der Waals surface area contributed by atoms with E-state index in [4.69, 9.17) is 4.74 Å². The summed E-state index contributed by atoms with van der Waals surface area (Å²) in [5, 5.41) is 0. The number of methoxy groups -OCH3 is 1. The van der Waals surface area contributed by atoms with Gasteiger partial charge in [-0.1, -0.05) is 6.08 Å². The van der Waals surface area contributed by atoms with E-state index >= 15 is 0 Å². The Morgan fingerprint density at radius 3 is 2.61 bits per heavy atom. The first-order valence-electron chi connectivity index (χ1n) is 5.78. The van der Waals surface area contributed by atoms with Gasteiger partial charge in [-0.2, -0.15) is 0 Å². The molecule has 1 aliphatic heterocycles. The summed E-state index contributed by atoms with van der Waals surface area (Å²) in [4.78, 5) is 24.2. The SMILES string of the molecule is COC(=O)/C=C/C1=CN(C(=O)OC(C)(C)C)CC1. The quantitative estimate of drug-likeness (QED) is 0.559. The fourth-order valence-corrected chi connectivity index (χ4v) is 1.41. The molecule has 0 unspecified atom stereocenters. The highest BCUT2D eigenvalue weighted by Crippen LogP contribution is 2.18. The predicted octanol–water partition coefficient (Wildman–Crippen LogP) is 2.24. The summed E-state index contributed by atoms with van der Waals surface area (Å²) in [6.45, 7) is 6.03. The first kappa shape index (κ1) is 14.3. The van der Waals surface area contributed by atoms with E-state index in [1.165, 1.54) is 18.1 Å². The zero-order valence-corrected chi connectivity index (χ0v) is 11.2. The average Bonchev–Trinajstić information content (AvgIpc) is 2.72. The van der Waals surface area contributed by atoms with E-state index in [0.29, 0.717) is 13.0 Å². The van der Waals surface area contributed by atoms with Gasteiger partial charge in [-0.3, -0.25) is 4.90 Å². The first-order chi connectivity index (χ1) is 8.31. The molecule has 18 heavy (non-hydrogen) atoms. The molecule has 0 spiro atoms. The standard InChI is InChI=1S/C13H19NO4/c1-13(2,3)18-12(16)14-8-7-10(9-14)5-6-11(15)17-4/h5-6,9H,7-8H2,1-4H3/b6-5+. The van der Waals surface area contributed by atoms with Crippen LogP contribution < -0.4 is 0 Å². The van der Waals surface area contributed by atoms with Crippen LogP contribution in [-0.4, -0.2) is 36.2 Å². The van der Waals surface area contributed by atoms with Crippen LogP contribution >= 0.6 is 0 Å². The van der Waals surface area contributed by atoms with E-state index in [1.807, 2.05) is 20.8 Å². The van der Waals surface area contributed by atoms with Gasteiger partial charge in [0.2, 0.25) is 0 Å². The molecule has 0 radical (unpaired) electrons. The van der Waals surface area contributed by atoms with Gasteiger partial charge in [0.25, 0.3) is 0 Å². The van der Waals surface area contributed by atoms with E-state index in [1.54, 1.807) is 12.3 Å². The maximum atomic E-state index is 11.7. The van der Waals surface area contributed by atoms with Crippen LogP contribution in [0.1, 0.15) is 27.2 Å². The summed E-state index contributed by atoms with van der Waals surface area (Å²) < 4.78 is 9.74. The van der Waals surface area contributed by atoms with Gasteiger partial charge in [-0.05, 0) is 32.8 Å². The molecule has 0 aliphatic carbocycles. The summed E-state index contributed by atoms with van der Waals surface area (Å²) in [5.74, 6) is -0.411. The molecular formula is C13H19NO4. The normalized spacial score (nSPS) is 15.8. The van der Waals surface area contributed by atoms with Crippen molar-refractivity contribution < 1.29 is 19.1 Å². The molecule has 0 fully saturated rings. The average molecular weight is 253 g/mol. The van der Waals surface area contributed by atoms with E-state index in [2.05, 4.69) is 4.74 Å². The number of esters is 1. The van der Waals surface area contributed by atoms with Crippen LogP contribution in [0.15, 0.2) is 23.9 Å². The van der Waals surface area contributed by atoms with Gasteiger partial charge in [-0.15, -0.1) is 0 Å². The highest BCUT2D eigenvalue weighted by Gasteiger charge is 2.23. The molecule has 1 amide bonds. The van der Waals surface area contributed by atoms with Crippen molar-refractivity contribution in [2.24, 2.45) is 0 Å². The Balaban J connectivity index is 2.58. The van der Waals surface area contributed by atoms with Crippen molar-refractivity contribution in [1.29, 1.82) is 0 Å². The summed E-state index contributed by atoms with van der Waals surface area (Å²) in [6, 6.07) is 0. The largest absolute Gasteiger partial charge is 0.466 e. The number of carbonyl (C=O) groups excluding carboxylic acids is 2. The monoisotopic (exact) mass is 253 g/mol. The van der Waals surface area contributed by atoms with E-state index in [9.17, 15) is 9.59 Å². The van der Waals surface area contributed by atoms with Crippen LogP contribution in [0.4, 0.5) is 4.79 Å². The van der Waals surface area contributed by atoms with Crippen molar-refractivity contribution in [2.75, 3.05) is 13.7 Å². The van der Waals surface area contributed by atoms with Gasteiger partial charge in [0, 0.05) is 18.8 Å². The Kier molecular flexibility index (Phi) is 4.53. The Labute approximate surface area is 107 Å². The Morgan fingerprint density at radius 2 is 2.06 bits per heavy atom. The van der Waals surface area contributed by atoms with Gasteiger partial charge in [0.1, 0.15) is 5.60 Å². The highest BCUT2D eigenvalue weighted by atomic mass is 16.6. The lowest BCUT2D eigenvalue weighted by atomic mass is 10.2. The summed E-state index contributed by atoms with van der Waals surface area (Å²) in [6.07, 6.45) is 5.00. The van der Waals surface area contributed by atoms with Crippen LogP contribution in [0, 0.1) is 0 Å². The van der Waals surface area contributed by atoms with Gasteiger partial charge in [0.15, 0.2) is 0 Å². The van der Waals surface area contributed by atoms with Crippen molar-refractivity contribution in [3.8, 4) is 0 Å². The second-order valence-electron chi connectivity index (χ2n) is 4.98. The van der Waals surface area contributed by atoms with Crippen molar-refractivity contribution in [3.05, 3.63) is 23.9 Å². The number of hydrogen-bond acceptors (Lipinski definition) is 4. The molecular weight excluding hydrogens is 234 g/mol. The maximum Gasteiger partial charge on any atom is 0.414 e. The molecule has 0 N–H and O–H groups in total. The molecule has 1 heterocycles. The molecule has 0 bridgehead atoms. The van der Waals surface area contributed by atoms with Gasteiger partial charge in [-0.25, -0.2) is 9.59 Å². The number of ether oxygens (including phenoxy) is 2. The predicted molar refractivity (Wildman–Crippen MR) is 66.8 cm³/mol. The topological polar surface area (TPSA) is 55.8 Å². The first-order valence-corrected chi connectivity index (χ1v) is 5.78. The zero-order chi connectivity index (χ0) is 13.8. The van der Waals surface area contributed by atoms with Gasteiger partial charge < -0.3 is 9.47 Å². The van der Waals surface area contributed by atoms with Gasteiger partial charge in [0.05, 0.1) is 7.11 Å². The fraction of sp³-hybridized carbons (Fsp3) is 0.538. The third-order valence-electron chi connectivity index (χ3n) is 2.23. The van der Waals surface area contributed by atoms with E-state index in [0.717, 1.165) is 5.57 Å². The van der Waals surface area contributed by atoms with Crippen LogP contribution in [0.3, 0.4) is 0 Å². The van der Waals surface area contributed by atoms with Crippen LogP contribution in [0.5, 0.6) is 0 Å². The lowest BCUT2D eigenvalue weighted by Gasteiger charge is -2.23. The Bertz CT molecular complexity index is 390. The molecule has 100 valence electrons. The molecule has 0 saturated carbocycles. The van der Waals surface area contributed by atoms with Crippen LogP contribution in [-0.2, 0) is 14.3 Å². The lowest BCUT2D eigenvalue weighted by molar-refractivity contribution is -0.134. The van der Waals surface area contributed by atoms with E-state index < -0.39 is 11.6 Å². The second kappa shape index (κ2) is 5.71. The number of carbonyl (C=O) groups is 2. The highest BCUT2D eigenvalue weighted by molar-refractivity contribution is 5.82. The molecule has 0 aromatic carbocycles. The fourth-order valence-electron chi connectivity index (χ4n) is 1.41. The minimum Gasteiger partial charge on any atom is -0.466 e. The zero-order valence-electron chi connectivity index (χ0n) is 11.2. The molecule has 0 saturated heterocycles. The van der Waals surface area contributed by atoms with E-state index in [-0.39, 0.29) is 6.09 Å². The Morgan fingerprint density at radius 1 is 1.39 bits per heavy atom. The van der Waals surface area contributed by atoms with Crippen molar-refractivity contribution in [3.63, 3.8) is 0 Å². The van der Waals surface area contributed by atoms with Crippen molar-refractivity contribution in [1.82, 2.24) is 4.90 Å². The molecule has 1 aliphatic rings. The molecule has 1 rings (SSSR count). The number of hydrogen-bond donors (Lipinski definition) is 0. The van der Waals surface area contributed by atoms with Crippen molar-refractivity contribution in [2.45, 2.75) is 32.8 Å². The second-order valence-corrected chi connectivity index (χ2v) is 4.98. The number of amides is 1. The summed E-state index contributed by atoms with van der Waals surface area (Å²) >= 11 is 0. The van der Waals surface area contributed by atoms with Gasteiger partial charge >= 0.3 is 12.1 Å². The minimum atomic E-state index is -0.504. The molecule has 0 atom stereocenters. The van der Waals surface area contributed by atoms with Crippen LogP contribution in [0.25, 0.3) is 0 Å². The smallest absolute Gasteiger partial charge is 0.414 e. The minimum absolute atomic E-state index is 0.371. The molecule has 0 aromatic heterocycles. The van der Waals surface area contributed by atoms with Crippen LogP contribution in [0.2, 0.25) is 0 Å². The molecule has 5 nitrogen and oxygen atoms in total. The number of allylic oxidation sites excluding steroid dienone is 1. The molecule has 5 heteroatoms. The van der Waals surface area contributed by atoms with Crippen molar-refractivity contribution >= 4 is 12.1 Å². The molecule has 0 aromatic rings. The third kappa shape index (κ3) is 4.61. The summed E-state index contributed by atoms with van der Waals surface area (Å²) in [7, 11) is 1.32.